The van der Waals surface area contributed by atoms with Crippen LogP contribution >= 0.6 is 22.5 Å². The summed E-state index contributed by atoms with van der Waals surface area (Å²) in [4.78, 5) is 25.5. The van der Waals surface area contributed by atoms with E-state index in [0.29, 0.717) is 48.6 Å². The molecule has 1 saturated carbocycles. The first-order valence-corrected chi connectivity index (χ1v) is 17.8. The van der Waals surface area contributed by atoms with Gasteiger partial charge in [0.1, 0.15) is 35.7 Å². The molecule has 0 bridgehead atoms. The Morgan fingerprint density at radius 3 is 2.35 bits per heavy atom. The highest BCUT2D eigenvalue weighted by molar-refractivity contribution is 8.69. The summed E-state index contributed by atoms with van der Waals surface area (Å²) in [5.74, 6) is -1.33. The smallest absolute Gasteiger partial charge is 0.407 e. The van der Waals surface area contributed by atoms with Crippen LogP contribution in [-0.4, -0.2) is 74.2 Å². The van der Waals surface area contributed by atoms with E-state index in [1.807, 2.05) is 44.2 Å². The molecule has 0 spiro atoms. The molecular weight excluding hydrogens is 671 g/mol. The molecule has 264 valence electrons. The van der Waals surface area contributed by atoms with Crippen LogP contribution in [0.5, 0.6) is 23.0 Å². The quantitative estimate of drug-likeness (QED) is 0.0742. The highest BCUT2D eigenvalue weighted by Crippen LogP contribution is 2.70. The van der Waals surface area contributed by atoms with Crippen molar-refractivity contribution in [3.63, 3.8) is 0 Å². The molecule has 1 heterocycles. The third-order valence-electron chi connectivity index (χ3n) is 9.10. The second kappa shape index (κ2) is 15.0. The Morgan fingerprint density at radius 1 is 1.00 bits per heavy atom. The summed E-state index contributed by atoms with van der Waals surface area (Å²) in [6.45, 7) is 4.82. The minimum Gasteiger partial charge on any atom is -0.497 e. The molecule has 0 radical (unpaired) electrons. The van der Waals surface area contributed by atoms with Crippen molar-refractivity contribution >= 4 is 34.5 Å². The number of hydrogen-bond acceptors (Lipinski definition) is 12. The molecule has 49 heavy (non-hydrogen) atoms. The predicted octanol–water partition coefficient (Wildman–Crippen LogP) is 5.37. The maximum atomic E-state index is 13.4. The van der Waals surface area contributed by atoms with E-state index in [1.165, 1.54) is 25.0 Å². The summed E-state index contributed by atoms with van der Waals surface area (Å²) in [6.07, 6.45) is -0.889. The van der Waals surface area contributed by atoms with Crippen molar-refractivity contribution in [1.29, 1.82) is 0 Å². The summed E-state index contributed by atoms with van der Waals surface area (Å²) in [7, 11) is 5.57. The molecule has 0 saturated heterocycles. The largest absolute Gasteiger partial charge is 0.497 e. The van der Waals surface area contributed by atoms with Gasteiger partial charge in [-0.1, -0.05) is 53.3 Å². The van der Waals surface area contributed by atoms with Crippen LogP contribution in [0.1, 0.15) is 49.3 Å². The first-order valence-electron chi connectivity index (χ1n) is 15.9. The van der Waals surface area contributed by atoms with Gasteiger partial charge in [-0.05, 0) is 49.9 Å². The molecule has 3 aromatic carbocycles. The van der Waals surface area contributed by atoms with Crippen molar-refractivity contribution in [2.24, 2.45) is 5.92 Å². The van der Waals surface area contributed by atoms with Gasteiger partial charge in [0.15, 0.2) is 11.2 Å². The van der Waals surface area contributed by atoms with Crippen LogP contribution in [0.4, 0.5) is 4.79 Å². The Balaban J connectivity index is 1.44. The van der Waals surface area contributed by atoms with E-state index in [1.54, 1.807) is 43.5 Å². The third-order valence-corrected chi connectivity index (χ3v) is 11.2. The maximum Gasteiger partial charge on any atom is 0.407 e. The topological polar surface area (TPSA) is 142 Å². The van der Waals surface area contributed by atoms with E-state index in [9.17, 15) is 19.8 Å². The number of esters is 1. The van der Waals surface area contributed by atoms with Crippen LogP contribution in [0.25, 0.3) is 0 Å². The van der Waals surface area contributed by atoms with Crippen LogP contribution in [0.3, 0.4) is 0 Å². The third kappa shape index (κ3) is 6.73. The molecule has 2 aliphatic rings. The molecular formula is C36H43NO10S2. The standard InChI is InChI=1S/C36H43NO10S2/c1-34(2,49-48)21-46-33(40)37-17-9-10-18-45-25-19-26(43-4)30-27(20-25)47-36(23-13-15-24(42-3)16-14-23)29(22-11-7-6-8-12-22)28(32(39)44-5)31(38)35(30,36)41/h6-8,11-16,19-20,28-29,31,38,41,48H,9-10,17-18,21H2,1-5H3,(H,37,40)/t28-,29-,31-,35+,36+/m1/s1. The highest BCUT2D eigenvalue weighted by Gasteiger charge is 2.78. The average molecular weight is 714 g/mol. The molecule has 13 heteroatoms. The van der Waals surface area contributed by atoms with Crippen LogP contribution < -0.4 is 24.3 Å². The molecule has 5 rings (SSSR count). The zero-order valence-electron chi connectivity index (χ0n) is 28.1. The van der Waals surface area contributed by atoms with E-state index in [0.717, 1.165) is 0 Å². The van der Waals surface area contributed by atoms with E-state index in [4.69, 9.17) is 28.4 Å². The number of rotatable bonds is 14. The minimum atomic E-state index is -2.17. The number of aliphatic hydroxyl groups is 2. The van der Waals surface area contributed by atoms with Gasteiger partial charge in [0.05, 0.1) is 44.2 Å². The fourth-order valence-corrected chi connectivity index (χ4v) is 7.06. The molecule has 1 aliphatic heterocycles. The average Bonchev–Trinajstić information content (AvgIpc) is 3.50. The Labute approximate surface area is 295 Å². The Morgan fingerprint density at radius 2 is 1.71 bits per heavy atom. The Hall–Kier alpha value is -3.78. The number of thiol groups is 1. The number of carbonyl (C=O) groups is 2. The van der Waals surface area contributed by atoms with Gasteiger partial charge in [0.25, 0.3) is 0 Å². The zero-order valence-corrected chi connectivity index (χ0v) is 29.8. The van der Waals surface area contributed by atoms with Crippen LogP contribution in [0.15, 0.2) is 66.7 Å². The number of ether oxygens (including phenoxy) is 6. The SMILES string of the molecule is COC(=O)[C@H]1[C@@H](O)[C@@]2(O)c3c(OC)cc(OCCCCNC(=O)OCC(C)(C)SS)cc3O[C@@]2(c2ccc(OC)cc2)[C@@H]1c1ccccc1. The fraction of sp³-hybridized carbons (Fsp3) is 0.444. The zero-order chi connectivity index (χ0) is 35.4. The number of nitrogens with one attached hydrogen (secondary N) is 1. The number of carbonyl (C=O) groups excluding carboxylic acids is 2. The number of unbranched alkanes of at least 4 members (excludes halogenated alkanes) is 1. The van der Waals surface area contributed by atoms with Gasteiger partial charge in [-0.25, -0.2) is 4.79 Å². The monoisotopic (exact) mass is 713 g/mol. The maximum absolute atomic E-state index is 13.4. The summed E-state index contributed by atoms with van der Waals surface area (Å²) < 4.78 is 34.3. The van der Waals surface area contributed by atoms with E-state index >= 15 is 0 Å². The van der Waals surface area contributed by atoms with Gasteiger partial charge >= 0.3 is 12.1 Å². The number of fused-ring (bicyclic) bond motifs is 3. The van der Waals surface area contributed by atoms with Gasteiger partial charge in [0.2, 0.25) is 0 Å². The predicted molar refractivity (Wildman–Crippen MR) is 188 cm³/mol. The number of benzene rings is 3. The summed E-state index contributed by atoms with van der Waals surface area (Å²) in [5, 5.41) is 27.8. The Bertz CT molecular complexity index is 1620. The van der Waals surface area contributed by atoms with Crippen molar-refractivity contribution in [3.8, 4) is 23.0 Å². The van der Waals surface area contributed by atoms with Crippen molar-refractivity contribution in [3.05, 3.63) is 83.4 Å². The van der Waals surface area contributed by atoms with Crippen molar-refractivity contribution in [2.45, 2.75) is 54.7 Å². The summed E-state index contributed by atoms with van der Waals surface area (Å²) in [6, 6.07) is 19.4. The van der Waals surface area contributed by atoms with Crippen LogP contribution in [0.2, 0.25) is 0 Å². The van der Waals surface area contributed by atoms with Gasteiger partial charge in [-0.3, -0.25) is 4.79 Å². The Kier molecular flexibility index (Phi) is 11.2. The van der Waals surface area contributed by atoms with Crippen molar-refractivity contribution in [1.82, 2.24) is 5.32 Å². The van der Waals surface area contributed by atoms with Gasteiger partial charge in [-0.15, -0.1) is 11.7 Å². The highest BCUT2D eigenvalue weighted by atomic mass is 33.1. The lowest BCUT2D eigenvalue weighted by atomic mass is 9.70. The number of alkyl carbamates (subject to hydrolysis) is 1. The molecule has 11 nitrogen and oxygen atoms in total. The van der Waals surface area contributed by atoms with Crippen LogP contribution in [0, 0.1) is 5.92 Å². The molecule has 1 amide bonds. The van der Waals surface area contributed by atoms with E-state index in [-0.39, 0.29) is 28.4 Å². The number of aliphatic hydroxyl groups excluding tert-OH is 1. The first kappa shape index (κ1) is 36.5. The lowest BCUT2D eigenvalue weighted by Crippen LogP contribution is -2.52. The number of amides is 1. The fourth-order valence-electron chi connectivity index (χ4n) is 6.79. The van der Waals surface area contributed by atoms with Crippen LogP contribution in [-0.2, 0) is 25.5 Å². The van der Waals surface area contributed by atoms with Crippen molar-refractivity contribution < 1.29 is 48.2 Å². The summed E-state index contributed by atoms with van der Waals surface area (Å²) in [5.41, 5.74) is -2.50. The van der Waals surface area contributed by atoms with Crippen molar-refractivity contribution in [2.75, 3.05) is 41.1 Å². The summed E-state index contributed by atoms with van der Waals surface area (Å²) >= 11 is 4.19. The second-order valence-corrected chi connectivity index (χ2v) is 14.5. The van der Waals surface area contributed by atoms with Gasteiger partial charge in [0, 0.05) is 24.6 Å². The number of methoxy groups -OCH3 is 3. The first-order chi connectivity index (χ1) is 23.5. The molecule has 5 atom stereocenters. The minimum absolute atomic E-state index is 0.195. The molecule has 3 aromatic rings. The van der Waals surface area contributed by atoms with E-state index < -0.39 is 41.2 Å². The second-order valence-electron chi connectivity index (χ2n) is 12.6. The molecule has 1 fully saturated rings. The molecule has 0 aromatic heterocycles. The normalized spacial score (nSPS) is 23.9. The molecule has 1 aliphatic carbocycles. The number of hydrogen-bond donors (Lipinski definition) is 4. The molecule has 3 N–H and O–H groups in total. The van der Waals surface area contributed by atoms with Gasteiger partial charge < -0.3 is 44.0 Å². The lowest BCUT2D eigenvalue weighted by Gasteiger charge is -2.40. The molecule has 0 unspecified atom stereocenters. The van der Waals surface area contributed by atoms with E-state index in [2.05, 4.69) is 17.0 Å². The van der Waals surface area contributed by atoms with Gasteiger partial charge in [-0.2, -0.15) is 0 Å². The lowest BCUT2D eigenvalue weighted by molar-refractivity contribution is -0.161.